The van der Waals surface area contributed by atoms with Gasteiger partial charge < -0.3 is 9.15 Å². The zero-order valence-corrected chi connectivity index (χ0v) is 10.7. The summed E-state index contributed by atoms with van der Waals surface area (Å²) < 4.78 is 47.2. The average Bonchev–Trinajstić information content (AvgIpc) is 2.83. The summed E-state index contributed by atoms with van der Waals surface area (Å²) >= 11 is 5.68. The minimum absolute atomic E-state index is 0.259. The standard InChI is InChI=1S/C12H7ClF3NO3/c1-19-11(18)8-9(12(14,15)16)20-10(17-8)6-2-4-7(13)5-3-6/h2-5H,1H3. The second-order valence-electron chi connectivity index (χ2n) is 3.69. The minimum Gasteiger partial charge on any atom is -0.464 e. The van der Waals surface area contributed by atoms with Crippen molar-refractivity contribution in [2.45, 2.75) is 6.18 Å². The lowest BCUT2D eigenvalue weighted by Gasteiger charge is -2.02. The van der Waals surface area contributed by atoms with Crippen molar-refractivity contribution in [2.24, 2.45) is 0 Å². The number of hydrogen-bond acceptors (Lipinski definition) is 4. The molecule has 0 saturated carbocycles. The highest BCUT2D eigenvalue weighted by molar-refractivity contribution is 6.30. The predicted octanol–water partition coefficient (Wildman–Crippen LogP) is 3.80. The second kappa shape index (κ2) is 5.16. The first-order chi connectivity index (χ1) is 9.32. The molecule has 0 atom stereocenters. The lowest BCUT2D eigenvalue weighted by atomic mass is 10.2. The van der Waals surface area contributed by atoms with Crippen LogP contribution in [-0.4, -0.2) is 18.1 Å². The summed E-state index contributed by atoms with van der Waals surface area (Å²) in [5.74, 6) is -3.05. The van der Waals surface area contributed by atoms with Gasteiger partial charge in [0.25, 0.3) is 0 Å². The van der Waals surface area contributed by atoms with Crippen molar-refractivity contribution in [3.05, 3.63) is 40.7 Å². The normalized spacial score (nSPS) is 11.4. The molecular formula is C12H7ClF3NO3. The van der Waals surface area contributed by atoms with Crippen molar-refractivity contribution in [3.8, 4) is 11.5 Å². The maximum absolute atomic E-state index is 12.8. The van der Waals surface area contributed by atoms with Crippen LogP contribution >= 0.6 is 11.6 Å². The van der Waals surface area contributed by atoms with Crippen LogP contribution in [0.5, 0.6) is 0 Å². The molecule has 20 heavy (non-hydrogen) atoms. The van der Waals surface area contributed by atoms with Gasteiger partial charge in [0.1, 0.15) is 0 Å². The van der Waals surface area contributed by atoms with Gasteiger partial charge in [0.15, 0.2) is 5.69 Å². The molecule has 1 aromatic heterocycles. The van der Waals surface area contributed by atoms with Crippen LogP contribution in [0.2, 0.25) is 5.02 Å². The van der Waals surface area contributed by atoms with Gasteiger partial charge >= 0.3 is 12.1 Å². The molecule has 0 amide bonds. The number of carbonyl (C=O) groups excluding carboxylic acids is 1. The highest BCUT2D eigenvalue weighted by atomic mass is 35.5. The van der Waals surface area contributed by atoms with E-state index in [9.17, 15) is 18.0 Å². The molecule has 8 heteroatoms. The maximum atomic E-state index is 12.8. The van der Waals surface area contributed by atoms with Gasteiger partial charge in [0.2, 0.25) is 11.7 Å². The lowest BCUT2D eigenvalue weighted by molar-refractivity contribution is -0.153. The number of aromatic nitrogens is 1. The third-order valence-corrected chi connectivity index (χ3v) is 2.61. The number of rotatable bonds is 2. The molecule has 0 unspecified atom stereocenters. The molecule has 0 aliphatic carbocycles. The van der Waals surface area contributed by atoms with E-state index >= 15 is 0 Å². The number of oxazole rings is 1. The van der Waals surface area contributed by atoms with E-state index in [2.05, 4.69) is 14.1 Å². The Balaban J connectivity index is 2.54. The molecule has 1 aromatic carbocycles. The Morgan fingerprint density at radius 2 is 1.90 bits per heavy atom. The van der Waals surface area contributed by atoms with Crippen molar-refractivity contribution >= 4 is 17.6 Å². The Kier molecular flexibility index (Phi) is 3.71. The smallest absolute Gasteiger partial charge is 0.452 e. The first-order valence-electron chi connectivity index (χ1n) is 5.25. The highest BCUT2D eigenvalue weighted by Gasteiger charge is 2.42. The zero-order chi connectivity index (χ0) is 14.9. The summed E-state index contributed by atoms with van der Waals surface area (Å²) in [4.78, 5) is 14.9. The Hall–Kier alpha value is -2.02. The number of benzene rings is 1. The van der Waals surface area contributed by atoms with Gasteiger partial charge in [-0.05, 0) is 24.3 Å². The molecule has 4 nitrogen and oxygen atoms in total. The number of esters is 1. The number of halogens is 4. The van der Waals surface area contributed by atoms with E-state index in [1.165, 1.54) is 24.3 Å². The third-order valence-electron chi connectivity index (χ3n) is 2.35. The molecule has 0 saturated heterocycles. The summed E-state index contributed by atoms with van der Waals surface area (Å²) in [6.07, 6.45) is -4.85. The molecule has 1 heterocycles. The van der Waals surface area contributed by atoms with Crippen LogP contribution in [0.1, 0.15) is 16.2 Å². The van der Waals surface area contributed by atoms with Gasteiger partial charge in [-0.2, -0.15) is 13.2 Å². The first kappa shape index (κ1) is 14.4. The van der Waals surface area contributed by atoms with Crippen LogP contribution in [-0.2, 0) is 10.9 Å². The van der Waals surface area contributed by atoms with E-state index in [1.54, 1.807) is 0 Å². The minimum atomic E-state index is -4.85. The molecule has 0 bridgehead atoms. The predicted molar refractivity (Wildman–Crippen MR) is 63.3 cm³/mol. The van der Waals surface area contributed by atoms with Crippen LogP contribution in [0.4, 0.5) is 13.2 Å². The van der Waals surface area contributed by atoms with Gasteiger partial charge in [-0.1, -0.05) is 11.6 Å². The quantitative estimate of drug-likeness (QED) is 0.792. The summed E-state index contributed by atoms with van der Waals surface area (Å²) in [6.45, 7) is 0. The fourth-order valence-electron chi connectivity index (χ4n) is 1.46. The van der Waals surface area contributed by atoms with Crippen LogP contribution < -0.4 is 0 Å². The van der Waals surface area contributed by atoms with E-state index < -0.39 is 23.6 Å². The lowest BCUT2D eigenvalue weighted by Crippen LogP contribution is -2.12. The van der Waals surface area contributed by atoms with Crippen LogP contribution in [0.15, 0.2) is 28.7 Å². The van der Waals surface area contributed by atoms with Crippen LogP contribution in [0.25, 0.3) is 11.5 Å². The van der Waals surface area contributed by atoms with Gasteiger partial charge in [-0.15, -0.1) is 0 Å². The van der Waals surface area contributed by atoms with Gasteiger partial charge in [0.05, 0.1) is 7.11 Å². The Bertz CT molecular complexity index is 634. The topological polar surface area (TPSA) is 52.3 Å². The Morgan fingerprint density at radius 3 is 2.40 bits per heavy atom. The monoisotopic (exact) mass is 305 g/mol. The molecule has 2 aromatic rings. The van der Waals surface area contributed by atoms with Gasteiger partial charge in [-0.3, -0.25) is 0 Å². The molecule has 106 valence electrons. The van der Waals surface area contributed by atoms with Gasteiger partial charge in [0, 0.05) is 10.6 Å². The number of nitrogens with zero attached hydrogens (tertiary/aromatic N) is 1. The number of carbonyl (C=O) groups is 1. The van der Waals surface area contributed by atoms with E-state index in [0.717, 1.165) is 7.11 Å². The molecule has 0 radical (unpaired) electrons. The fraction of sp³-hybridized carbons (Fsp3) is 0.167. The number of hydrogen-bond donors (Lipinski definition) is 0. The molecule has 0 fully saturated rings. The van der Waals surface area contributed by atoms with E-state index in [-0.39, 0.29) is 11.5 Å². The number of ether oxygens (including phenoxy) is 1. The molecule has 0 spiro atoms. The molecule has 2 rings (SSSR count). The molecule has 0 aliphatic rings. The first-order valence-corrected chi connectivity index (χ1v) is 5.63. The Morgan fingerprint density at radius 1 is 1.30 bits per heavy atom. The largest absolute Gasteiger partial charge is 0.464 e. The summed E-state index contributed by atoms with van der Waals surface area (Å²) in [6, 6.07) is 5.78. The number of alkyl halides is 3. The SMILES string of the molecule is COC(=O)c1nc(-c2ccc(Cl)cc2)oc1C(F)(F)F. The average molecular weight is 306 g/mol. The van der Waals surface area contributed by atoms with Crippen molar-refractivity contribution in [2.75, 3.05) is 7.11 Å². The summed E-state index contributed by atoms with van der Waals surface area (Å²) in [7, 11) is 0.957. The van der Waals surface area contributed by atoms with E-state index in [4.69, 9.17) is 11.6 Å². The fourth-order valence-corrected chi connectivity index (χ4v) is 1.59. The molecule has 0 aliphatic heterocycles. The maximum Gasteiger partial charge on any atom is 0.452 e. The van der Waals surface area contributed by atoms with E-state index in [0.29, 0.717) is 5.02 Å². The molecule has 0 N–H and O–H groups in total. The van der Waals surface area contributed by atoms with Crippen LogP contribution in [0, 0.1) is 0 Å². The van der Waals surface area contributed by atoms with Crippen molar-refractivity contribution in [3.63, 3.8) is 0 Å². The van der Waals surface area contributed by atoms with E-state index in [1.807, 2.05) is 0 Å². The number of methoxy groups -OCH3 is 1. The van der Waals surface area contributed by atoms with Crippen molar-refractivity contribution in [1.29, 1.82) is 0 Å². The van der Waals surface area contributed by atoms with Crippen LogP contribution in [0.3, 0.4) is 0 Å². The third kappa shape index (κ3) is 2.77. The molecular weight excluding hydrogens is 299 g/mol. The van der Waals surface area contributed by atoms with Crippen molar-refractivity contribution < 1.29 is 27.1 Å². The zero-order valence-electron chi connectivity index (χ0n) is 9.99. The summed E-state index contributed by atoms with van der Waals surface area (Å²) in [5, 5.41) is 0.407. The Labute approximate surface area is 116 Å². The van der Waals surface area contributed by atoms with Gasteiger partial charge in [-0.25, -0.2) is 9.78 Å². The summed E-state index contributed by atoms with van der Waals surface area (Å²) in [5.41, 5.74) is -0.653. The highest BCUT2D eigenvalue weighted by Crippen LogP contribution is 2.35. The van der Waals surface area contributed by atoms with Crippen molar-refractivity contribution in [1.82, 2.24) is 4.98 Å². The second-order valence-corrected chi connectivity index (χ2v) is 4.13.